The van der Waals surface area contributed by atoms with E-state index in [1.807, 2.05) is 24.5 Å². The standard InChI is InChI=1S/C21H27N5O3/c1-13-14(2)24(12-23-13)8-7-22-21(29)20-17-9-16(10-25(11-17)15(3)27)18-5-4-6-19(28)26(18)20/h4-6,12,16-17,20H,7-11H2,1-3H3,(H,22,29)/t16-,17+,20-/m1/s1. The van der Waals surface area contributed by atoms with Crippen molar-refractivity contribution >= 4 is 11.8 Å². The van der Waals surface area contributed by atoms with Crippen LogP contribution in [-0.4, -0.2) is 50.5 Å². The van der Waals surface area contributed by atoms with Crippen molar-refractivity contribution in [2.45, 2.75) is 45.7 Å². The van der Waals surface area contributed by atoms with E-state index in [-0.39, 0.29) is 29.2 Å². The third-order valence-corrected chi connectivity index (χ3v) is 6.36. The van der Waals surface area contributed by atoms with Crippen LogP contribution in [0.2, 0.25) is 0 Å². The molecule has 0 spiro atoms. The number of hydrogen-bond acceptors (Lipinski definition) is 4. The molecule has 2 aromatic rings. The molecule has 0 aromatic carbocycles. The second-order valence-corrected chi connectivity index (χ2v) is 8.12. The molecule has 8 nitrogen and oxygen atoms in total. The summed E-state index contributed by atoms with van der Waals surface area (Å²) < 4.78 is 3.66. The van der Waals surface area contributed by atoms with Gasteiger partial charge in [-0.25, -0.2) is 4.98 Å². The predicted molar refractivity (Wildman–Crippen MR) is 108 cm³/mol. The van der Waals surface area contributed by atoms with Gasteiger partial charge in [-0.3, -0.25) is 19.0 Å². The van der Waals surface area contributed by atoms with Gasteiger partial charge in [0, 0.05) is 62.4 Å². The largest absolute Gasteiger partial charge is 0.352 e. The number of carbonyl (C=O) groups excluding carboxylic acids is 2. The van der Waals surface area contributed by atoms with Gasteiger partial charge in [0.2, 0.25) is 11.8 Å². The van der Waals surface area contributed by atoms with Gasteiger partial charge >= 0.3 is 0 Å². The molecule has 1 N–H and O–H groups in total. The first-order valence-corrected chi connectivity index (χ1v) is 10.1. The van der Waals surface area contributed by atoms with E-state index in [4.69, 9.17) is 0 Å². The normalized spacial score (nSPS) is 22.9. The molecule has 4 heterocycles. The molecule has 2 aromatic heterocycles. The van der Waals surface area contributed by atoms with Gasteiger partial charge in [-0.15, -0.1) is 0 Å². The zero-order valence-electron chi connectivity index (χ0n) is 17.1. The van der Waals surface area contributed by atoms with Crippen LogP contribution in [-0.2, 0) is 16.1 Å². The molecular weight excluding hydrogens is 370 g/mol. The summed E-state index contributed by atoms with van der Waals surface area (Å²) >= 11 is 0. The quantitative estimate of drug-likeness (QED) is 0.833. The minimum Gasteiger partial charge on any atom is -0.352 e. The van der Waals surface area contributed by atoms with E-state index < -0.39 is 6.04 Å². The average Bonchev–Trinajstić information content (AvgIpc) is 3.01. The molecule has 1 fully saturated rings. The Kier molecular flexibility index (Phi) is 5.02. The maximum absolute atomic E-state index is 13.2. The first-order chi connectivity index (χ1) is 13.9. The van der Waals surface area contributed by atoms with Crippen molar-refractivity contribution in [3.05, 3.63) is 52.0 Å². The number of nitrogens with one attached hydrogen (secondary N) is 1. The Labute approximate surface area is 169 Å². The molecule has 2 amide bonds. The second-order valence-electron chi connectivity index (χ2n) is 8.12. The molecule has 0 aliphatic carbocycles. The molecule has 0 saturated carbocycles. The number of aryl methyl sites for hydroxylation is 1. The van der Waals surface area contributed by atoms with E-state index in [0.29, 0.717) is 26.2 Å². The Hall–Kier alpha value is -2.90. The lowest BCUT2D eigenvalue weighted by Gasteiger charge is -2.46. The third-order valence-electron chi connectivity index (χ3n) is 6.36. The summed E-state index contributed by atoms with van der Waals surface area (Å²) in [6, 6.07) is 4.55. The van der Waals surface area contributed by atoms with Crippen molar-refractivity contribution in [3.8, 4) is 0 Å². The number of aromatic nitrogens is 3. The number of hydrogen-bond donors (Lipinski definition) is 1. The average molecular weight is 397 g/mol. The van der Waals surface area contributed by atoms with Gasteiger partial charge in [-0.1, -0.05) is 6.07 Å². The Morgan fingerprint density at radius 3 is 2.72 bits per heavy atom. The maximum Gasteiger partial charge on any atom is 0.251 e. The van der Waals surface area contributed by atoms with Crippen LogP contribution in [0.4, 0.5) is 0 Å². The highest BCUT2D eigenvalue weighted by molar-refractivity contribution is 5.81. The SMILES string of the molecule is CC(=O)N1C[C@H]2C[C@@H](C1)[C@H](C(=O)NCCn1cnc(C)c1C)n1c2cccc1=O. The smallest absolute Gasteiger partial charge is 0.251 e. The molecule has 2 bridgehead atoms. The van der Waals surface area contributed by atoms with Crippen molar-refractivity contribution in [1.29, 1.82) is 0 Å². The minimum atomic E-state index is -0.595. The highest BCUT2D eigenvalue weighted by Crippen LogP contribution is 2.41. The Morgan fingerprint density at radius 2 is 2.03 bits per heavy atom. The predicted octanol–water partition coefficient (Wildman–Crippen LogP) is 0.985. The summed E-state index contributed by atoms with van der Waals surface area (Å²) in [7, 11) is 0. The molecule has 29 heavy (non-hydrogen) atoms. The number of pyridine rings is 1. The van der Waals surface area contributed by atoms with Crippen LogP contribution in [0.5, 0.6) is 0 Å². The molecule has 154 valence electrons. The summed E-state index contributed by atoms with van der Waals surface area (Å²) in [5, 5.41) is 3.00. The fourth-order valence-corrected chi connectivity index (χ4v) is 4.70. The third kappa shape index (κ3) is 3.47. The fraction of sp³-hybridized carbons (Fsp3) is 0.524. The van der Waals surface area contributed by atoms with Gasteiger partial charge in [0.05, 0.1) is 12.0 Å². The molecule has 1 saturated heterocycles. The molecule has 2 aliphatic heterocycles. The van der Waals surface area contributed by atoms with Crippen LogP contribution < -0.4 is 10.9 Å². The topological polar surface area (TPSA) is 89.2 Å². The van der Waals surface area contributed by atoms with E-state index in [0.717, 1.165) is 23.5 Å². The van der Waals surface area contributed by atoms with E-state index in [1.165, 1.54) is 6.07 Å². The highest BCUT2D eigenvalue weighted by Gasteiger charge is 2.44. The number of carbonyl (C=O) groups is 2. The van der Waals surface area contributed by atoms with Crippen molar-refractivity contribution in [2.24, 2.45) is 5.92 Å². The van der Waals surface area contributed by atoms with Crippen LogP contribution in [0.3, 0.4) is 0 Å². The van der Waals surface area contributed by atoms with E-state index in [2.05, 4.69) is 10.3 Å². The highest BCUT2D eigenvalue weighted by atomic mass is 16.2. The van der Waals surface area contributed by atoms with Crippen LogP contribution in [0.1, 0.15) is 42.4 Å². The van der Waals surface area contributed by atoms with Gasteiger partial charge in [-0.05, 0) is 26.3 Å². The van der Waals surface area contributed by atoms with Crippen LogP contribution in [0, 0.1) is 19.8 Å². The first kappa shape index (κ1) is 19.4. The Balaban J connectivity index is 1.57. The summed E-state index contributed by atoms with van der Waals surface area (Å²) in [4.78, 5) is 43.9. The molecule has 4 rings (SSSR count). The fourth-order valence-electron chi connectivity index (χ4n) is 4.70. The summed E-state index contributed by atoms with van der Waals surface area (Å²) in [5.41, 5.74) is 2.74. The Bertz CT molecular complexity index is 1010. The molecule has 2 aliphatic rings. The van der Waals surface area contributed by atoms with E-state index in [9.17, 15) is 14.4 Å². The lowest BCUT2D eigenvalue weighted by atomic mass is 9.78. The van der Waals surface area contributed by atoms with E-state index >= 15 is 0 Å². The number of rotatable bonds is 4. The number of nitrogens with zero attached hydrogens (tertiary/aromatic N) is 4. The maximum atomic E-state index is 13.2. The lowest BCUT2D eigenvalue weighted by Crippen LogP contribution is -2.54. The zero-order chi connectivity index (χ0) is 20.7. The van der Waals surface area contributed by atoms with Gasteiger partial charge < -0.3 is 14.8 Å². The lowest BCUT2D eigenvalue weighted by molar-refractivity contribution is -0.135. The number of fused-ring (bicyclic) bond motifs is 4. The van der Waals surface area contributed by atoms with Crippen molar-refractivity contribution in [1.82, 2.24) is 24.3 Å². The monoisotopic (exact) mass is 397 g/mol. The van der Waals surface area contributed by atoms with Crippen molar-refractivity contribution in [3.63, 3.8) is 0 Å². The van der Waals surface area contributed by atoms with Gasteiger partial charge in [0.1, 0.15) is 6.04 Å². The number of piperidine rings is 1. The van der Waals surface area contributed by atoms with Gasteiger partial charge in [0.15, 0.2) is 0 Å². The van der Waals surface area contributed by atoms with Crippen LogP contribution in [0.25, 0.3) is 0 Å². The summed E-state index contributed by atoms with van der Waals surface area (Å²) in [6.07, 6.45) is 2.58. The van der Waals surface area contributed by atoms with Gasteiger partial charge in [-0.2, -0.15) is 0 Å². The van der Waals surface area contributed by atoms with E-state index in [1.54, 1.807) is 28.8 Å². The second kappa shape index (κ2) is 7.50. The number of amides is 2. The van der Waals surface area contributed by atoms with Crippen LogP contribution in [0.15, 0.2) is 29.3 Å². The van der Waals surface area contributed by atoms with Crippen molar-refractivity contribution < 1.29 is 9.59 Å². The molecule has 8 heteroatoms. The van der Waals surface area contributed by atoms with Crippen molar-refractivity contribution in [2.75, 3.05) is 19.6 Å². The minimum absolute atomic E-state index is 0.0107. The summed E-state index contributed by atoms with van der Waals surface area (Å²) in [5.74, 6) is -0.130. The number of likely N-dealkylation sites (tertiary alicyclic amines) is 1. The molecule has 3 atom stereocenters. The summed E-state index contributed by atoms with van der Waals surface area (Å²) in [6.45, 7) is 7.69. The molecule has 0 radical (unpaired) electrons. The molecular formula is C21H27N5O3. The van der Waals surface area contributed by atoms with Gasteiger partial charge in [0.25, 0.3) is 5.56 Å². The molecule has 0 unspecified atom stereocenters. The first-order valence-electron chi connectivity index (χ1n) is 10.1. The Morgan fingerprint density at radius 1 is 1.24 bits per heavy atom. The zero-order valence-corrected chi connectivity index (χ0v) is 17.1. The number of imidazole rings is 1. The van der Waals surface area contributed by atoms with Crippen LogP contribution >= 0.6 is 0 Å².